The van der Waals surface area contributed by atoms with E-state index in [1.165, 1.54) is 24.5 Å². The van der Waals surface area contributed by atoms with Crippen molar-refractivity contribution in [1.29, 1.82) is 0 Å². The molecule has 2 unspecified atom stereocenters. The van der Waals surface area contributed by atoms with Crippen molar-refractivity contribution in [3.63, 3.8) is 0 Å². The van der Waals surface area contributed by atoms with Gasteiger partial charge in [0.1, 0.15) is 0 Å². The van der Waals surface area contributed by atoms with Gasteiger partial charge in [0.25, 0.3) is 0 Å². The number of thioether (sulfide) groups is 1. The first-order valence-corrected chi connectivity index (χ1v) is 6.03. The summed E-state index contributed by atoms with van der Waals surface area (Å²) in [5, 5.41) is 7.04. The molecule has 1 aliphatic rings. The molecule has 0 spiro atoms. The van der Waals surface area contributed by atoms with Crippen molar-refractivity contribution in [2.75, 3.05) is 24.6 Å². The van der Waals surface area contributed by atoms with Crippen LogP contribution in [-0.4, -0.2) is 36.7 Å². The Morgan fingerprint density at radius 1 is 1.67 bits per heavy atom. The molecule has 0 saturated carbocycles. The predicted octanol–water partition coefficient (Wildman–Crippen LogP) is 1.08. The highest BCUT2D eigenvalue weighted by molar-refractivity contribution is 7.99. The number of hydrogen-bond acceptors (Lipinski definition) is 3. The van der Waals surface area contributed by atoms with Crippen molar-refractivity contribution in [3.05, 3.63) is 0 Å². The van der Waals surface area contributed by atoms with Crippen LogP contribution in [0.25, 0.3) is 0 Å². The standard InChI is InChI=1S/C9H20N2S/c1-3-8(2)11-6-9-7-12-5-4-10-9/h8-11H,3-7H2,1-2H3. The van der Waals surface area contributed by atoms with Gasteiger partial charge in [-0.05, 0) is 13.3 Å². The van der Waals surface area contributed by atoms with Crippen LogP contribution in [0, 0.1) is 0 Å². The van der Waals surface area contributed by atoms with Crippen LogP contribution in [0.5, 0.6) is 0 Å². The highest BCUT2D eigenvalue weighted by Gasteiger charge is 2.12. The lowest BCUT2D eigenvalue weighted by molar-refractivity contribution is 0.462. The van der Waals surface area contributed by atoms with E-state index in [2.05, 4.69) is 36.2 Å². The lowest BCUT2D eigenvalue weighted by Crippen LogP contribution is -2.46. The topological polar surface area (TPSA) is 24.1 Å². The van der Waals surface area contributed by atoms with Gasteiger partial charge in [-0.1, -0.05) is 6.92 Å². The molecule has 2 N–H and O–H groups in total. The highest BCUT2D eigenvalue weighted by Crippen LogP contribution is 2.06. The van der Waals surface area contributed by atoms with Crippen LogP contribution in [0.4, 0.5) is 0 Å². The van der Waals surface area contributed by atoms with Crippen molar-refractivity contribution in [3.8, 4) is 0 Å². The SMILES string of the molecule is CCC(C)NCC1CSCCN1. The first-order valence-electron chi connectivity index (χ1n) is 4.87. The lowest BCUT2D eigenvalue weighted by atomic mass is 10.2. The Balaban J connectivity index is 2.05. The van der Waals surface area contributed by atoms with Crippen molar-refractivity contribution in [2.24, 2.45) is 0 Å². The van der Waals surface area contributed by atoms with E-state index in [1.807, 2.05) is 0 Å². The molecular formula is C9H20N2S. The fourth-order valence-electron chi connectivity index (χ4n) is 1.24. The van der Waals surface area contributed by atoms with Crippen LogP contribution >= 0.6 is 11.8 Å². The summed E-state index contributed by atoms with van der Waals surface area (Å²) in [5.74, 6) is 2.54. The van der Waals surface area contributed by atoms with E-state index in [0.717, 1.165) is 6.54 Å². The van der Waals surface area contributed by atoms with Crippen LogP contribution in [0.3, 0.4) is 0 Å². The smallest absolute Gasteiger partial charge is 0.0283 e. The first kappa shape index (κ1) is 10.4. The molecule has 2 atom stereocenters. The third-order valence-electron chi connectivity index (χ3n) is 2.32. The molecule has 0 radical (unpaired) electrons. The average Bonchev–Trinajstić information content (AvgIpc) is 2.16. The van der Waals surface area contributed by atoms with Gasteiger partial charge in [0.2, 0.25) is 0 Å². The predicted molar refractivity (Wildman–Crippen MR) is 56.9 cm³/mol. The number of nitrogens with one attached hydrogen (secondary N) is 2. The summed E-state index contributed by atoms with van der Waals surface area (Å²) < 4.78 is 0. The number of hydrogen-bond donors (Lipinski definition) is 2. The molecule has 12 heavy (non-hydrogen) atoms. The lowest BCUT2D eigenvalue weighted by Gasteiger charge is -2.24. The maximum absolute atomic E-state index is 3.53. The van der Waals surface area contributed by atoms with E-state index in [0.29, 0.717) is 12.1 Å². The van der Waals surface area contributed by atoms with Gasteiger partial charge in [-0.3, -0.25) is 0 Å². The van der Waals surface area contributed by atoms with Gasteiger partial charge in [0.05, 0.1) is 0 Å². The zero-order valence-corrected chi connectivity index (χ0v) is 8.91. The molecule has 72 valence electrons. The summed E-state index contributed by atoms with van der Waals surface area (Å²) in [7, 11) is 0. The molecule has 1 fully saturated rings. The highest BCUT2D eigenvalue weighted by atomic mass is 32.2. The van der Waals surface area contributed by atoms with E-state index in [9.17, 15) is 0 Å². The van der Waals surface area contributed by atoms with Crippen LogP contribution in [-0.2, 0) is 0 Å². The largest absolute Gasteiger partial charge is 0.313 e. The van der Waals surface area contributed by atoms with Gasteiger partial charge in [-0.25, -0.2) is 0 Å². The summed E-state index contributed by atoms with van der Waals surface area (Å²) in [6.45, 7) is 6.77. The molecule has 3 heteroatoms. The summed E-state index contributed by atoms with van der Waals surface area (Å²) in [6.07, 6.45) is 1.22. The third-order valence-corrected chi connectivity index (χ3v) is 3.45. The molecule has 2 nitrogen and oxygen atoms in total. The van der Waals surface area contributed by atoms with E-state index in [1.54, 1.807) is 0 Å². The monoisotopic (exact) mass is 188 g/mol. The third kappa shape index (κ3) is 3.78. The van der Waals surface area contributed by atoms with Crippen molar-refractivity contribution in [1.82, 2.24) is 10.6 Å². The van der Waals surface area contributed by atoms with E-state index in [4.69, 9.17) is 0 Å². The summed E-state index contributed by atoms with van der Waals surface area (Å²) in [5.41, 5.74) is 0. The first-order chi connectivity index (χ1) is 5.83. The molecule has 0 aliphatic carbocycles. The van der Waals surface area contributed by atoms with Crippen LogP contribution < -0.4 is 10.6 Å². The summed E-state index contributed by atoms with van der Waals surface area (Å²) >= 11 is 2.06. The van der Waals surface area contributed by atoms with Gasteiger partial charge in [-0.15, -0.1) is 0 Å². The van der Waals surface area contributed by atoms with E-state index < -0.39 is 0 Å². The average molecular weight is 188 g/mol. The maximum Gasteiger partial charge on any atom is 0.0283 e. The van der Waals surface area contributed by atoms with Gasteiger partial charge >= 0.3 is 0 Å². The molecule has 0 aromatic carbocycles. The fourth-order valence-corrected chi connectivity index (χ4v) is 2.19. The second-order valence-electron chi connectivity index (χ2n) is 3.44. The second kappa shape index (κ2) is 5.84. The quantitative estimate of drug-likeness (QED) is 0.690. The van der Waals surface area contributed by atoms with Gasteiger partial charge in [-0.2, -0.15) is 11.8 Å². The molecule has 0 aromatic heterocycles. The van der Waals surface area contributed by atoms with Crippen LogP contribution in [0.1, 0.15) is 20.3 Å². The normalized spacial score (nSPS) is 27.0. The molecule has 1 aliphatic heterocycles. The Kier molecular flexibility index (Phi) is 5.04. The minimum atomic E-state index is 0.665. The summed E-state index contributed by atoms with van der Waals surface area (Å²) in [6, 6.07) is 1.36. The molecule has 0 bridgehead atoms. The maximum atomic E-state index is 3.53. The Bertz CT molecular complexity index is 113. The summed E-state index contributed by atoms with van der Waals surface area (Å²) in [4.78, 5) is 0. The zero-order chi connectivity index (χ0) is 8.81. The minimum absolute atomic E-state index is 0.665. The van der Waals surface area contributed by atoms with Crippen molar-refractivity contribution >= 4 is 11.8 Å². The van der Waals surface area contributed by atoms with E-state index >= 15 is 0 Å². The molecule has 1 heterocycles. The van der Waals surface area contributed by atoms with Crippen molar-refractivity contribution < 1.29 is 0 Å². The minimum Gasteiger partial charge on any atom is -0.313 e. The Morgan fingerprint density at radius 3 is 3.08 bits per heavy atom. The fraction of sp³-hybridized carbons (Fsp3) is 1.00. The molecule has 1 rings (SSSR count). The Labute approximate surface area is 79.9 Å². The van der Waals surface area contributed by atoms with Gasteiger partial charge in [0.15, 0.2) is 0 Å². The Morgan fingerprint density at radius 2 is 2.50 bits per heavy atom. The van der Waals surface area contributed by atoms with Crippen molar-refractivity contribution in [2.45, 2.75) is 32.4 Å². The zero-order valence-electron chi connectivity index (χ0n) is 8.10. The van der Waals surface area contributed by atoms with E-state index in [-0.39, 0.29) is 0 Å². The molecular weight excluding hydrogens is 168 g/mol. The number of rotatable bonds is 4. The van der Waals surface area contributed by atoms with Gasteiger partial charge < -0.3 is 10.6 Å². The Hall–Kier alpha value is 0.270. The molecule has 1 saturated heterocycles. The molecule has 0 amide bonds. The van der Waals surface area contributed by atoms with Crippen LogP contribution in [0.15, 0.2) is 0 Å². The van der Waals surface area contributed by atoms with Gasteiger partial charge in [0, 0.05) is 36.7 Å². The second-order valence-corrected chi connectivity index (χ2v) is 4.59. The van der Waals surface area contributed by atoms with Crippen LogP contribution in [0.2, 0.25) is 0 Å². The molecule has 0 aromatic rings.